The van der Waals surface area contributed by atoms with Crippen molar-refractivity contribution in [1.29, 1.82) is 0 Å². The van der Waals surface area contributed by atoms with E-state index in [9.17, 15) is 23.6 Å². The van der Waals surface area contributed by atoms with E-state index in [1.807, 2.05) is 12.1 Å². The number of nitrogens with zero attached hydrogens (tertiary/aromatic N) is 2. The fourth-order valence-electron chi connectivity index (χ4n) is 4.20. The van der Waals surface area contributed by atoms with E-state index in [1.54, 1.807) is 31.2 Å². The number of halogens is 1. The summed E-state index contributed by atoms with van der Waals surface area (Å²) < 4.78 is 21.9. The molecule has 5 aromatic rings. The maximum Gasteiger partial charge on any atom is 0.338 e. The van der Waals surface area contributed by atoms with Crippen LogP contribution in [0.5, 0.6) is 0 Å². The third-order valence-corrected chi connectivity index (χ3v) is 7.12. The maximum absolute atomic E-state index is 13.6. The van der Waals surface area contributed by atoms with E-state index in [4.69, 9.17) is 4.74 Å². The van der Waals surface area contributed by atoms with Gasteiger partial charge in [0.25, 0.3) is 5.56 Å². The molecule has 0 radical (unpaired) electrons. The van der Waals surface area contributed by atoms with Crippen LogP contribution < -0.4 is 16.6 Å². The van der Waals surface area contributed by atoms with Gasteiger partial charge in [0.1, 0.15) is 17.1 Å². The molecule has 0 aliphatic rings. The number of hydrogen-bond donors (Lipinski definition) is 1. The van der Waals surface area contributed by atoms with Crippen molar-refractivity contribution in [1.82, 2.24) is 9.13 Å². The Morgan fingerprint density at radius 1 is 0.947 bits per heavy atom. The highest BCUT2D eigenvalue weighted by atomic mass is 32.1. The number of nitrogens with one attached hydrogen (secondary N) is 1. The van der Waals surface area contributed by atoms with Crippen LogP contribution in [-0.2, 0) is 22.6 Å². The molecule has 0 bridgehead atoms. The predicted molar refractivity (Wildman–Crippen MR) is 144 cm³/mol. The largest absolute Gasteiger partial charge is 0.462 e. The van der Waals surface area contributed by atoms with Crippen molar-refractivity contribution < 1.29 is 18.7 Å². The number of benzene rings is 3. The summed E-state index contributed by atoms with van der Waals surface area (Å²) in [5.74, 6) is -1.38. The molecule has 0 unspecified atom stereocenters. The van der Waals surface area contributed by atoms with Crippen molar-refractivity contribution >= 4 is 49.2 Å². The Morgan fingerprint density at radius 2 is 1.66 bits per heavy atom. The van der Waals surface area contributed by atoms with Crippen LogP contribution in [0.1, 0.15) is 22.8 Å². The number of amides is 1. The Kier molecular flexibility index (Phi) is 6.89. The number of hydrogen-bond acceptors (Lipinski definition) is 6. The standard InChI is InChI=1S/C28H22FN3O5S/c1-2-37-27(35)18-9-13-20(14-10-18)30-23(33)16-31-24-21-5-3-4-6-22(21)38-25(24)26(34)32(28(31)36)15-17-7-11-19(29)12-8-17/h3-14H,2,15-16H2,1H3,(H,30,33). The molecule has 1 amide bonds. The van der Waals surface area contributed by atoms with Crippen LogP contribution in [0.3, 0.4) is 0 Å². The molecule has 0 saturated heterocycles. The first-order valence-corrected chi connectivity index (χ1v) is 12.6. The van der Waals surface area contributed by atoms with Crippen LogP contribution in [0, 0.1) is 5.82 Å². The molecule has 8 nitrogen and oxygen atoms in total. The molecule has 0 fully saturated rings. The van der Waals surface area contributed by atoms with Gasteiger partial charge in [0.05, 0.1) is 24.2 Å². The molecule has 5 rings (SSSR count). The van der Waals surface area contributed by atoms with Crippen LogP contribution in [-0.4, -0.2) is 27.6 Å². The summed E-state index contributed by atoms with van der Waals surface area (Å²) in [6, 6.07) is 19.0. The summed E-state index contributed by atoms with van der Waals surface area (Å²) in [5, 5.41) is 3.43. The molecule has 3 aromatic carbocycles. The first-order chi connectivity index (χ1) is 18.4. The SMILES string of the molecule is CCOC(=O)c1ccc(NC(=O)Cn2c(=O)n(Cc3ccc(F)cc3)c(=O)c3sc4ccccc4c32)cc1. The molecule has 1 N–H and O–H groups in total. The van der Waals surface area contributed by atoms with Gasteiger partial charge in [-0.3, -0.25) is 18.7 Å². The van der Waals surface area contributed by atoms with Crippen molar-refractivity contribution in [3.63, 3.8) is 0 Å². The van der Waals surface area contributed by atoms with E-state index in [-0.39, 0.29) is 19.7 Å². The van der Waals surface area contributed by atoms with Gasteiger partial charge in [-0.25, -0.2) is 14.0 Å². The first kappa shape index (κ1) is 25.1. The van der Waals surface area contributed by atoms with Crippen LogP contribution in [0.4, 0.5) is 10.1 Å². The number of carbonyl (C=O) groups is 2. The number of esters is 1. The van der Waals surface area contributed by atoms with Gasteiger partial charge in [-0.15, -0.1) is 11.3 Å². The summed E-state index contributed by atoms with van der Waals surface area (Å²) in [5.41, 5.74) is 0.625. The zero-order chi connectivity index (χ0) is 26.8. The molecule has 0 aliphatic heterocycles. The van der Waals surface area contributed by atoms with Gasteiger partial charge in [-0.1, -0.05) is 30.3 Å². The maximum atomic E-state index is 13.6. The highest BCUT2D eigenvalue weighted by Gasteiger charge is 2.20. The van der Waals surface area contributed by atoms with Gasteiger partial charge >= 0.3 is 11.7 Å². The second-order valence-corrected chi connectivity index (χ2v) is 9.56. The minimum absolute atomic E-state index is 0.0704. The monoisotopic (exact) mass is 531 g/mol. The normalized spacial score (nSPS) is 11.1. The third kappa shape index (κ3) is 4.85. The average molecular weight is 532 g/mol. The second kappa shape index (κ2) is 10.4. The van der Waals surface area contributed by atoms with E-state index in [1.165, 1.54) is 52.3 Å². The second-order valence-electron chi connectivity index (χ2n) is 8.51. The number of fused-ring (bicyclic) bond motifs is 3. The predicted octanol–water partition coefficient (Wildman–Crippen LogP) is 4.38. The highest BCUT2D eigenvalue weighted by molar-refractivity contribution is 7.25. The Hall–Kier alpha value is -4.57. The minimum Gasteiger partial charge on any atom is -0.462 e. The lowest BCUT2D eigenvalue weighted by Crippen LogP contribution is -2.41. The molecule has 0 aliphatic carbocycles. The summed E-state index contributed by atoms with van der Waals surface area (Å²) in [6.07, 6.45) is 0. The molecule has 2 aromatic heterocycles. The van der Waals surface area contributed by atoms with Gasteiger partial charge in [-0.2, -0.15) is 0 Å². The number of anilines is 1. The number of ether oxygens (including phenoxy) is 1. The summed E-state index contributed by atoms with van der Waals surface area (Å²) in [7, 11) is 0. The molecule has 10 heteroatoms. The fourth-order valence-corrected chi connectivity index (χ4v) is 5.36. The van der Waals surface area contributed by atoms with Crippen LogP contribution in [0.15, 0.2) is 82.4 Å². The van der Waals surface area contributed by atoms with Crippen LogP contribution in [0.2, 0.25) is 0 Å². The molecule has 38 heavy (non-hydrogen) atoms. The van der Waals surface area contributed by atoms with Gasteiger partial charge in [-0.05, 0) is 55.0 Å². The quantitative estimate of drug-likeness (QED) is 0.314. The van der Waals surface area contributed by atoms with Gasteiger partial charge < -0.3 is 10.1 Å². The van der Waals surface area contributed by atoms with Crippen molar-refractivity contribution in [2.75, 3.05) is 11.9 Å². The molecule has 192 valence electrons. The van der Waals surface area contributed by atoms with E-state index in [0.29, 0.717) is 32.4 Å². The minimum atomic E-state index is -0.650. The van der Waals surface area contributed by atoms with E-state index in [2.05, 4.69) is 5.32 Å². The van der Waals surface area contributed by atoms with Crippen molar-refractivity contribution in [2.45, 2.75) is 20.0 Å². The number of thiophene rings is 1. The highest BCUT2D eigenvalue weighted by Crippen LogP contribution is 2.31. The molecule has 0 saturated carbocycles. The lowest BCUT2D eigenvalue weighted by Gasteiger charge is -2.13. The number of rotatable bonds is 7. The van der Waals surface area contributed by atoms with E-state index < -0.39 is 28.9 Å². The van der Waals surface area contributed by atoms with E-state index in [0.717, 1.165) is 9.27 Å². The molecule has 0 spiro atoms. The molecule has 2 heterocycles. The number of aromatic nitrogens is 2. The van der Waals surface area contributed by atoms with Gasteiger partial charge in [0, 0.05) is 15.8 Å². The average Bonchev–Trinajstić information content (AvgIpc) is 3.30. The Labute approximate surface area is 219 Å². The summed E-state index contributed by atoms with van der Waals surface area (Å²) in [6.45, 7) is 1.55. The van der Waals surface area contributed by atoms with Crippen molar-refractivity contribution in [3.05, 3.63) is 111 Å². The first-order valence-electron chi connectivity index (χ1n) is 11.8. The number of carbonyl (C=O) groups excluding carboxylic acids is 2. The summed E-state index contributed by atoms with van der Waals surface area (Å²) in [4.78, 5) is 51.9. The molecular formula is C28H22FN3O5S. The summed E-state index contributed by atoms with van der Waals surface area (Å²) >= 11 is 1.25. The van der Waals surface area contributed by atoms with Crippen LogP contribution >= 0.6 is 11.3 Å². The fraction of sp³-hybridized carbons (Fsp3) is 0.143. The Bertz CT molecular complexity index is 1790. The zero-order valence-corrected chi connectivity index (χ0v) is 21.1. The third-order valence-electron chi connectivity index (χ3n) is 5.98. The van der Waals surface area contributed by atoms with E-state index >= 15 is 0 Å². The topological polar surface area (TPSA) is 99.4 Å². The van der Waals surface area contributed by atoms with Crippen LogP contribution in [0.25, 0.3) is 20.3 Å². The Morgan fingerprint density at radius 3 is 2.37 bits per heavy atom. The lowest BCUT2D eigenvalue weighted by molar-refractivity contribution is -0.116. The van der Waals surface area contributed by atoms with Crippen molar-refractivity contribution in [2.24, 2.45) is 0 Å². The zero-order valence-electron chi connectivity index (χ0n) is 20.3. The van der Waals surface area contributed by atoms with Gasteiger partial charge in [0.15, 0.2) is 0 Å². The molecular weight excluding hydrogens is 509 g/mol. The molecule has 0 atom stereocenters. The smallest absolute Gasteiger partial charge is 0.338 e. The Balaban J connectivity index is 1.53. The van der Waals surface area contributed by atoms with Crippen molar-refractivity contribution in [3.8, 4) is 0 Å². The van der Waals surface area contributed by atoms with Gasteiger partial charge in [0.2, 0.25) is 5.91 Å². The lowest BCUT2D eigenvalue weighted by atomic mass is 10.2.